The molecule has 1 aromatic carbocycles. The zero-order chi connectivity index (χ0) is 27.7. The van der Waals surface area contributed by atoms with Crippen molar-refractivity contribution in [1.82, 2.24) is 10.2 Å². The maximum absolute atomic E-state index is 13.7. The van der Waals surface area contributed by atoms with E-state index in [1.165, 1.54) is 4.90 Å². The Hall–Kier alpha value is -3.90. The minimum Gasteiger partial charge on any atom is -0.510 e. The van der Waals surface area contributed by atoms with Gasteiger partial charge >= 0.3 is 0 Å². The van der Waals surface area contributed by atoms with Crippen molar-refractivity contribution in [2.24, 2.45) is 17.6 Å². The largest absolute Gasteiger partial charge is 0.510 e. The number of fused-ring (bicyclic) bond motifs is 3. The molecular weight excluding hydrogens is 496 g/mol. The van der Waals surface area contributed by atoms with Crippen LogP contribution in [0.5, 0.6) is 5.75 Å². The highest BCUT2D eigenvalue weighted by Crippen LogP contribution is 2.52. The molecule has 0 spiro atoms. The number of aromatic hydroxyl groups is 1. The fraction of sp³-hybridized carbons (Fsp3) is 0.462. The maximum Gasteiger partial charge on any atom is 0.255 e. The average Bonchev–Trinajstić information content (AvgIpc) is 3.64. The number of ketones is 2. The summed E-state index contributed by atoms with van der Waals surface area (Å²) in [5, 5.41) is 50.3. The van der Waals surface area contributed by atoms with E-state index in [0.717, 1.165) is 12.8 Å². The minimum atomic E-state index is -2.68. The standard InChI is InChI=1S/C26H30N4O8/c1-30(2)19-13-8-11-7-10-3-6-14(28-9-15(31)29-12-4-5-12)20(32)16(10)21(33)17(11)23(35)26(13,38)24(36)18(22(19)34)25(27)37/h3,6,11-13,19,28,32,34-35,38H,4-5,7-9H2,1-2H3,(H2,27,37)(H,29,31)/t11-,13-,19+,26-/m1/s1. The molecular formula is C26H30N4O8. The first-order valence-corrected chi connectivity index (χ1v) is 12.4. The number of allylic oxidation sites excluding steroid dienone is 1. The fourth-order valence-electron chi connectivity index (χ4n) is 6.05. The third kappa shape index (κ3) is 3.74. The van der Waals surface area contributed by atoms with Crippen LogP contribution in [-0.4, -0.2) is 87.0 Å². The van der Waals surface area contributed by atoms with E-state index in [1.807, 2.05) is 0 Å². The summed E-state index contributed by atoms with van der Waals surface area (Å²) in [5.41, 5.74) is 2.09. The van der Waals surface area contributed by atoms with E-state index in [0.29, 0.717) is 5.56 Å². The first kappa shape index (κ1) is 25.7. The zero-order valence-electron chi connectivity index (χ0n) is 20.9. The molecule has 0 radical (unpaired) electrons. The van der Waals surface area contributed by atoms with Gasteiger partial charge in [-0.1, -0.05) is 6.07 Å². The smallest absolute Gasteiger partial charge is 0.255 e. The number of amides is 2. The molecule has 202 valence electrons. The number of phenols is 1. The van der Waals surface area contributed by atoms with Crippen LogP contribution in [0.3, 0.4) is 0 Å². The van der Waals surface area contributed by atoms with Crippen molar-refractivity contribution < 1.29 is 39.6 Å². The molecule has 0 saturated heterocycles. The lowest BCUT2D eigenvalue weighted by molar-refractivity contribution is -0.148. The number of carbonyl (C=O) groups excluding carboxylic acids is 4. The van der Waals surface area contributed by atoms with Crippen molar-refractivity contribution in [2.75, 3.05) is 26.0 Å². The number of aliphatic hydroxyl groups is 3. The van der Waals surface area contributed by atoms with Crippen LogP contribution in [0.25, 0.3) is 0 Å². The molecule has 0 bridgehead atoms. The van der Waals surface area contributed by atoms with Crippen molar-refractivity contribution in [1.29, 1.82) is 0 Å². The summed E-state index contributed by atoms with van der Waals surface area (Å²) >= 11 is 0. The van der Waals surface area contributed by atoms with Gasteiger partial charge in [0.1, 0.15) is 22.8 Å². The number of hydrogen-bond acceptors (Lipinski definition) is 10. The minimum absolute atomic E-state index is 0.0217. The number of hydrogen-bond donors (Lipinski definition) is 7. The van der Waals surface area contributed by atoms with Crippen LogP contribution in [0.4, 0.5) is 5.69 Å². The Balaban J connectivity index is 1.55. The van der Waals surface area contributed by atoms with Gasteiger partial charge in [0.15, 0.2) is 11.4 Å². The highest BCUT2D eigenvalue weighted by atomic mass is 16.3. The van der Waals surface area contributed by atoms with Crippen LogP contribution in [0.15, 0.2) is 34.8 Å². The molecule has 0 aromatic heterocycles. The molecule has 12 heteroatoms. The molecule has 0 unspecified atom stereocenters. The predicted octanol–water partition coefficient (Wildman–Crippen LogP) is -0.189. The van der Waals surface area contributed by atoms with Gasteiger partial charge in [0.05, 0.1) is 23.8 Å². The third-order valence-electron chi connectivity index (χ3n) is 7.98. The predicted molar refractivity (Wildman–Crippen MR) is 133 cm³/mol. The molecule has 1 saturated carbocycles. The summed E-state index contributed by atoms with van der Waals surface area (Å²) in [6.07, 6.45) is 2.06. The van der Waals surface area contributed by atoms with Crippen LogP contribution in [0.1, 0.15) is 35.2 Å². The zero-order valence-corrected chi connectivity index (χ0v) is 20.9. The lowest BCUT2D eigenvalue weighted by Crippen LogP contribution is -2.63. The summed E-state index contributed by atoms with van der Waals surface area (Å²) in [4.78, 5) is 52.6. The van der Waals surface area contributed by atoms with Gasteiger partial charge in [-0.15, -0.1) is 0 Å². The van der Waals surface area contributed by atoms with Gasteiger partial charge < -0.3 is 36.8 Å². The number of benzene rings is 1. The van der Waals surface area contributed by atoms with Crippen LogP contribution in [-0.2, 0) is 20.8 Å². The maximum atomic E-state index is 13.7. The number of carbonyl (C=O) groups is 4. The number of rotatable bonds is 6. The molecule has 1 fully saturated rings. The van der Waals surface area contributed by atoms with Gasteiger partial charge in [0, 0.05) is 17.5 Å². The van der Waals surface area contributed by atoms with E-state index < -0.39 is 63.8 Å². The van der Waals surface area contributed by atoms with Crippen LogP contribution >= 0.6 is 0 Å². The molecule has 4 atom stereocenters. The molecule has 0 aliphatic heterocycles. The summed E-state index contributed by atoms with van der Waals surface area (Å²) in [6, 6.07) is 2.32. The molecule has 38 heavy (non-hydrogen) atoms. The SMILES string of the molecule is CN(C)[C@@H]1C(O)=C(C(N)=O)C(=O)[C@]2(O)C(O)=C3C(=O)c4c(ccc(NCC(=O)NC5CC5)c4O)C[C@@H]3C[C@H]12. The topological polar surface area (TPSA) is 203 Å². The van der Waals surface area contributed by atoms with Gasteiger partial charge in [0.25, 0.3) is 5.91 Å². The highest BCUT2D eigenvalue weighted by molar-refractivity contribution is 6.24. The highest BCUT2D eigenvalue weighted by Gasteiger charge is 2.63. The van der Waals surface area contributed by atoms with Crippen molar-refractivity contribution in [3.05, 3.63) is 45.9 Å². The Morgan fingerprint density at radius 1 is 1.16 bits per heavy atom. The molecule has 5 rings (SSSR count). The summed E-state index contributed by atoms with van der Waals surface area (Å²) in [7, 11) is 3.15. The lowest BCUT2D eigenvalue weighted by Gasteiger charge is -2.50. The van der Waals surface area contributed by atoms with Crippen molar-refractivity contribution in [3.63, 3.8) is 0 Å². The second-order valence-electron chi connectivity index (χ2n) is 10.7. The van der Waals surface area contributed by atoms with Gasteiger partial charge in [-0.25, -0.2) is 0 Å². The van der Waals surface area contributed by atoms with Gasteiger partial charge in [-0.05, 0) is 57.3 Å². The fourth-order valence-corrected chi connectivity index (χ4v) is 6.05. The number of nitrogens with two attached hydrogens (primary N) is 1. The van der Waals surface area contributed by atoms with Crippen LogP contribution < -0.4 is 16.4 Å². The molecule has 1 aromatic rings. The molecule has 8 N–H and O–H groups in total. The number of anilines is 1. The number of aliphatic hydroxyl groups excluding tert-OH is 2. The Morgan fingerprint density at radius 3 is 2.45 bits per heavy atom. The number of primary amides is 1. The van der Waals surface area contributed by atoms with Crippen LogP contribution in [0.2, 0.25) is 0 Å². The summed E-state index contributed by atoms with van der Waals surface area (Å²) < 4.78 is 0. The Morgan fingerprint density at radius 2 is 1.84 bits per heavy atom. The number of Topliss-reactive ketones (excluding diaryl/α,β-unsaturated/α-hetero) is 2. The van der Waals surface area contributed by atoms with Gasteiger partial charge in [0.2, 0.25) is 11.7 Å². The second kappa shape index (κ2) is 8.84. The number of phenolic OH excluding ortho intramolecular Hbond substituents is 1. The Labute approximate surface area is 217 Å². The van der Waals surface area contributed by atoms with Gasteiger partial charge in [-0.2, -0.15) is 0 Å². The quantitative estimate of drug-likeness (QED) is 0.192. The Kier molecular flexibility index (Phi) is 5.99. The number of nitrogens with zero attached hydrogens (tertiary/aromatic N) is 1. The van der Waals surface area contributed by atoms with Gasteiger partial charge in [-0.3, -0.25) is 24.1 Å². The lowest BCUT2D eigenvalue weighted by atomic mass is 9.58. The van der Waals surface area contributed by atoms with Crippen molar-refractivity contribution >= 4 is 29.1 Å². The summed E-state index contributed by atoms with van der Waals surface area (Å²) in [5.74, 6) is -7.26. The molecule has 2 amide bonds. The average molecular weight is 527 g/mol. The number of nitrogens with one attached hydrogen (secondary N) is 2. The van der Waals surface area contributed by atoms with E-state index in [2.05, 4.69) is 10.6 Å². The molecule has 12 nitrogen and oxygen atoms in total. The van der Waals surface area contributed by atoms with Crippen molar-refractivity contribution in [3.8, 4) is 5.75 Å². The monoisotopic (exact) mass is 526 g/mol. The first-order valence-electron chi connectivity index (χ1n) is 12.4. The van der Waals surface area contributed by atoms with E-state index in [9.17, 15) is 39.6 Å². The van der Waals surface area contributed by atoms with E-state index >= 15 is 0 Å². The Bertz CT molecular complexity index is 1340. The second-order valence-corrected chi connectivity index (χ2v) is 10.7. The molecule has 0 heterocycles. The third-order valence-corrected chi connectivity index (χ3v) is 7.98. The van der Waals surface area contributed by atoms with E-state index in [4.69, 9.17) is 5.73 Å². The first-order chi connectivity index (χ1) is 17.9. The molecule has 4 aliphatic carbocycles. The summed E-state index contributed by atoms with van der Waals surface area (Å²) in [6.45, 7) is -0.124. The van der Waals surface area contributed by atoms with E-state index in [-0.39, 0.29) is 48.2 Å². The van der Waals surface area contributed by atoms with Crippen LogP contribution in [0, 0.1) is 11.8 Å². The normalized spacial score (nSPS) is 28.6. The van der Waals surface area contributed by atoms with E-state index in [1.54, 1.807) is 26.2 Å². The van der Waals surface area contributed by atoms with Crippen molar-refractivity contribution in [2.45, 2.75) is 43.4 Å². The number of likely N-dealkylation sites (N-methyl/N-ethyl adjacent to an activating group) is 1. The molecule has 4 aliphatic rings.